The Hall–Kier alpha value is -2.01. The maximum absolute atomic E-state index is 13.0. The lowest BCUT2D eigenvalue weighted by atomic mass is 10.0. The fourth-order valence-corrected chi connectivity index (χ4v) is 6.00. The van der Waals surface area contributed by atoms with Crippen LogP contribution in [0.4, 0.5) is 0 Å². The van der Waals surface area contributed by atoms with Crippen molar-refractivity contribution in [1.29, 1.82) is 0 Å². The zero-order valence-corrected chi connectivity index (χ0v) is 20.0. The number of imidazole rings is 1. The van der Waals surface area contributed by atoms with Crippen molar-refractivity contribution in [2.24, 2.45) is 7.05 Å². The van der Waals surface area contributed by atoms with Gasteiger partial charge in [0.05, 0.1) is 40.8 Å². The molecule has 2 aliphatic rings. The third-order valence-corrected chi connectivity index (χ3v) is 7.93. The molecule has 0 aliphatic carbocycles. The predicted octanol–water partition coefficient (Wildman–Crippen LogP) is 1.55. The summed E-state index contributed by atoms with van der Waals surface area (Å²) < 4.78 is 40.5. The van der Waals surface area contributed by atoms with Crippen molar-refractivity contribution < 1.29 is 22.7 Å². The normalized spacial score (nSPS) is 22.4. The molecule has 0 radical (unpaired) electrons. The van der Waals surface area contributed by atoms with Crippen molar-refractivity contribution in [1.82, 2.24) is 18.8 Å². The zero-order chi connectivity index (χ0) is 23.1. The van der Waals surface area contributed by atoms with Gasteiger partial charge in [-0.15, -0.1) is 0 Å². The molecule has 176 valence electrons. The van der Waals surface area contributed by atoms with E-state index in [9.17, 15) is 13.2 Å². The summed E-state index contributed by atoms with van der Waals surface area (Å²) >= 11 is 0. The number of rotatable bonds is 5. The Morgan fingerprint density at radius 1 is 1.25 bits per heavy atom. The Labute approximate surface area is 189 Å². The van der Waals surface area contributed by atoms with E-state index in [0.717, 1.165) is 11.3 Å². The second kappa shape index (κ2) is 8.74. The third-order valence-electron chi connectivity index (χ3n) is 6.04. The molecular formula is C22H32N4O5S. The molecular weight excluding hydrogens is 432 g/mol. The van der Waals surface area contributed by atoms with E-state index < -0.39 is 10.0 Å². The van der Waals surface area contributed by atoms with E-state index in [1.165, 1.54) is 4.31 Å². The molecule has 1 amide bonds. The summed E-state index contributed by atoms with van der Waals surface area (Å²) in [5, 5.41) is 0. The number of sulfonamides is 1. The van der Waals surface area contributed by atoms with Gasteiger partial charge in [-0.3, -0.25) is 4.79 Å². The van der Waals surface area contributed by atoms with E-state index >= 15 is 0 Å². The van der Waals surface area contributed by atoms with E-state index in [2.05, 4.69) is 4.98 Å². The van der Waals surface area contributed by atoms with E-state index in [-0.39, 0.29) is 22.5 Å². The minimum absolute atomic E-state index is 0.00489. The Kier molecular flexibility index (Phi) is 6.32. The summed E-state index contributed by atoms with van der Waals surface area (Å²) in [6, 6.07) is 5.03. The largest absolute Gasteiger partial charge is 0.379 e. The molecule has 1 aromatic heterocycles. The van der Waals surface area contributed by atoms with Crippen LogP contribution in [0.5, 0.6) is 0 Å². The first-order chi connectivity index (χ1) is 15.1. The van der Waals surface area contributed by atoms with E-state index in [1.807, 2.05) is 37.3 Å². The van der Waals surface area contributed by atoms with Crippen LogP contribution in [0.25, 0.3) is 11.0 Å². The average Bonchev–Trinajstić information content (AvgIpc) is 3.06. The number of carbonyl (C=O) groups excluding carboxylic acids is 1. The number of ether oxygens (including phenoxy) is 2. The van der Waals surface area contributed by atoms with Crippen LogP contribution in [-0.4, -0.2) is 84.2 Å². The molecule has 10 heteroatoms. The number of aromatic nitrogens is 2. The van der Waals surface area contributed by atoms with Crippen molar-refractivity contribution in [3.8, 4) is 0 Å². The highest BCUT2D eigenvalue weighted by Gasteiger charge is 2.33. The summed E-state index contributed by atoms with van der Waals surface area (Å²) in [4.78, 5) is 19.6. The molecule has 1 aromatic carbocycles. The van der Waals surface area contributed by atoms with Crippen molar-refractivity contribution in [3.63, 3.8) is 0 Å². The van der Waals surface area contributed by atoms with Gasteiger partial charge in [0.2, 0.25) is 15.9 Å². The second-order valence-electron chi connectivity index (χ2n) is 9.22. The predicted molar refractivity (Wildman–Crippen MR) is 120 cm³/mol. The van der Waals surface area contributed by atoms with E-state index in [0.29, 0.717) is 57.8 Å². The lowest BCUT2D eigenvalue weighted by Crippen LogP contribution is -2.53. The number of hydrogen-bond acceptors (Lipinski definition) is 6. The van der Waals surface area contributed by atoms with Gasteiger partial charge in [0.15, 0.2) is 0 Å². The quantitative estimate of drug-likeness (QED) is 0.667. The average molecular weight is 465 g/mol. The number of morpholine rings is 2. The van der Waals surface area contributed by atoms with Gasteiger partial charge in [0.1, 0.15) is 5.82 Å². The Bertz CT molecular complexity index is 1100. The van der Waals surface area contributed by atoms with E-state index in [4.69, 9.17) is 9.47 Å². The number of nitrogens with zero attached hydrogens (tertiary/aromatic N) is 4. The van der Waals surface area contributed by atoms with Crippen molar-refractivity contribution in [3.05, 3.63) is 24.0 Å². The Morgan fingerprint density at radius 3 is 2.66 bits per heavy atom. The van der Waals surface area contributed by atoms with Crippen molar-refractivity contribution in [2.45, 2.75) is 50.2 Å². The molecule has 3 heterocycles. The summed E-state index contributed by atoms with van der Waals surface area (Å²) in [7, 11) is -1.69. The first kappa shape index (κ1) is 23.2. The fourth-order valence-electron chi connectivity index (χ4n) is 4.57. The molecule has 2 aliphatic heterocycles. The van der Waals surface area contributed by atoms with Crippen molar-refractivity contribution in [2.75, 3.05) is 39.4 Å². The molecule has 9 nitrogen and oxygen atoms in total. The molecule has 0 bridgehead atoms. The van der Waals surface area contributed by atoms with Crippen LogP contribution in [0.2, 0.25) is 0 Å². The highest BCUT2D eigenvalue weighted by Crippen LogP contribution is 2.24. The molecule has 32 heavy (non-hydrogen) atoms. The number of amides is 1. The first-order valence-electron chi connectivity index (χ1n) is 11.1. The first-order valence-corrected chi connectivity index (χ1v) is 12.5. The third kappa shape index (κ3) is 4.68. The lowest BCUT2D eigenvalue weighted by Gasteiger charge is -2.41. The highest BCUT2D eigenvalue weighted by molar-refractivity contribution is 7.89. The maximum atomic E-state index is 13.0. The number of hydrogen-bond donors (Lipinski definition) is 0. The van der Waals surface area contributed by atoms with Gasteiger partial charge in [0, 0.05) is 46.1 Å². The van der Waals surface area contributed by atoms with Gasteiger partial charge in [-0.25, -0.2) is 13.4 Å². The molecule has 0 spiro atoms. The SMILES string of the molecule is CC1CN(C(=O)CCc2nc3cc(S(=O)(=O)N4CCOCC4)ccc3n2C)CC(C)(C)O1. The number of benzene rings is 1. The van der Waals surface area contributed by atoms with Gasteiger partial charge in [-0.05, 0) is 39.0 Å². The van der Waals surface area contributed by atoms with Crippen LogP contribution in [0.15, 0.2) is 23.1 Å². The number of fused-ring (bicyclic) bond motifs is 1. The summed E-state index contributed by atoms with van der Waals surface area (Å²) in [6.07, 6.45) is 0.839. The van der Waals surface area contributed by atoms with Gasteiger partial charge in [-0.1, -0.05) is 0 Å². The Morgan fingerprint density at radius 2 is 1.97 bits per heavy atom. The number of aryl methyl sites for hydroxylation is 2. The van der Waals surface area contributed by atoms with Crippen LogP contribution >= 0.6 is 0 Å². The monoisotopic (exact) mass is 464 g/mol. The van der Waals surface area contributed by atoms with Crippen LogP contribution in [0.3, 0.4) is 0 Å². The smallest absolute Gasteiger partial charge is 0.243 e. The maximum Gasteiger partial charge on any atom is 0.243 e. The minimum atomic E-state index is -3.58. The van der Waals surface area contributed by atoms with Crippen LogP contribution < -0.4 is 0 Å². The van der Waals surface area contributed by atoms with Gasteiger partial charge >= 0.3 is 0 Å². The minimum Gasteiger partial charge on any atom is -0.379 e. The van der Waals surface area contributed by atoms with Gasteiger partial charge < -0.3 is 18.9 Å². The number of carbonyl (C=O) groups is 1. The highest BCUT2D eigenvalue weighted by atomic mass is 32.2. The van der Waals surface area contributed by atoms with E-state index in [1.54, 1.807) is 18.2 Å². The van der Waals surface area contributed by atoms with Crippen molar-refractivity contribution >= 4 is 27.0 Å². The summed E-state index contributed by atoms with van der Waals surface area (Å²) in [6.45, 7) is 8.66. The molecule has 2 fully saturated rings. The molecule has 0 saturated carbocycles. The molecule has 2 aromatic rings. The Balaban J connectivity index is 1.49. The van der Waals surface area contributed by atoms with Crippen LogP contribution in [0.1, 0.15) is 33.0 Å². The van der Waals surface area contributed by atoms with Crippen LogP contribution in [-0.2, 0) is 37.8 Å². The standard InChI is InChI=1S/C22H32N4O5S/c1-16-14-25(15-22(2,3)31-16)21(27)8-7-20-23-18-13-17(5-6-19(18)24(20)4)32(28,29)26-9-11-30-12-10-26/h5-6,13,16H,7-12,14-15H2,1-4H3. The van der Waals surface area contributed by atoms with Gasteiger partial charge in [-0.2, -0.15) is 4.31 Å². The molecule has 4 rings (SSSR count). The lowest BCUT2D eigenvalue weighted by molar-refractivity contribution is -0.158. The molecule has 1 unspecified atom stereocenters. The topological polar surface area (TPSA) is 94.0 Å². The molecule has 0 N–H and O–H groups in total. The molecule has 1 atom stereocenters. The molecule has 2 saturated heterocycles. The van der Waals surface area contributed by atoms with Gasteiger partial charge in [0.25, 0.3) is 0 Å². The summed E-state index contributed by atoms with van der Waals surface area (Å²) in [5.74, 6) is 0.839. The zero-order valence-electron chi connectivity index (χ0n) is 19.2. The fraction of sp³-hybridized carbons (Fsp3) is 0.636. The van der Waals surface area contributed by atoms with Crippen LogP contribution in [0, 0.1) is 0 Å². The second-order valence-corrected chi connectivity index (χ2v) is 11.2. The summed E-state index contributed by atoms with van der Waals surface area (Å²) in [5.41, 5.74) is 1.10.